The summed E-state index contributed by atoms with van der Waals surface area (Å²) in [5.74, 6) is 0.964. The summed E-state index contributed by atoms with van der Waals surface area (Å²) in [4.78, 5) is 14.3. The van der Waals surface area contributed by atoms with Gasteiger partial charge in [0.15, 0.2) is 0 Å². The van der Waals surface area contributed by atoms with Crippen molar-refractivity contribution in [3.05, 3.63) is 175 Å². The molecule has 12 rings (SSSR count). The van der Waals surface area contributed by atoms with Crippen LogP contribution in [0.25, 0.3) is 89.3 Å². The van der Waals surface area contributed by atoms with Gasteiger partial charge in [0, 0.05) is 53.3 Å². The fraction of sp³-hybridized carbons (Fsp3) is 0.130. The number of aromatic nitrogens is 5. The van der Waals surface area contributed by atoms with Crippen LogP contribution in [0.1, 0.15) is 59.4 Å². The zero-order valence-corrected chi connectivity index (χ0v) is 33.2. The number of fused-ring (bicyclic) bond motifs is 15. The highest BCUT2D eigenvalue weighted by molar-refractivity contribution is 6.03. The standard InChI is InChI=1S/C54H41N5O/c1-53(2,3)43-29-39-33-15-6-7-16-34(33)41-30-55-31-56-50(41)36-18-9-8-17-35(36)38(39)28-40(43)37-19-14-20-42-51(37)60-49-26-25-32(27-44(49)54(42,4)5)58-47-23-12-13-24-48(47)59-46-22-11-10-21-45(46)57-52(58)59/h6-31H,1-5H3/i4D3,5D3. The number of hydrogen-bond acceptors (Lipinski definition) is 4. The Bertz CT molecular complexity index is 3650. The largest absolute Gasteiger partial charge is 0.456 e. The van der Waals surface area contributed by atoms with E-state index in [-0.39, 0.29) is 22.6 Å². The molecule has 0 N–H and O–H groups in total. The molecule has 288 valence electrons. The number of nitrogens with zero attached hydrogens (tertiary/aromatic N) is 5. The quantitative estimate of drug-likeness (QED) is 0.175. The van der Waals surface area contributed by atoms with E-state index in [4.69, 9.17) is 14.7 Å². The molecule has 2 aliphatic rings. The molecule has 0 amide bonds. The molecule has 1 aliphatic carbocycles. The van der Waals surface area contributed by atoms with Crippen molar-refractivity contribution in [3.63, 3.8) is 0 Å². The molecule has 6 nitrogen and oxygen atoms in total. The van der Waals surface area contributed by atoms with Crippen LogP contribution in [0.2, 0.25) is 0 Å². The van der Waals surface area contributed by atoms with Crippen molar-refractivity contribution in [1.82, 2.24) is 23.9 Å². The van der Waals surface area contributed by atoms with Gasteiger partial charge in [-0.05, 0) is 99.0 Å². The van der Waals surface area contributed by atoms with E-state index in [1.807, 2.05) is 95.7 Å². The predicted octanol–water partition coefficient (Wildman–Crippen LogP) is 13.6. The second-order valence-electron chi connectivity index (χ2n) is 16.8. The Hall–Kier alpha value is -7.31. The minimum absolute atomic E-state index is 0.0529. The topological polar surface area (TPSA) is 57.2 Å². The zero-order valence-electron chi connectivity index (χ0n) is 39.2. The molecule has 0 unspecified atom stereocenters. The first kappa shape index (κ1) is 29.0. The fourth-order valence-electron chi connectivity index (χ4n) is 9.56. The Balaban J connectivity index is 1.13. The van der Waals surface area contributed by atoms with Gasteiger partial charge >= 0.3 is 0 Å². The molecule has 0 atom stereocenters. The molecule has 4 heterocycles. The van der Waals surface area contributed by atoms with Gasteiger partial charge in [0.25, 0.3) is 0 Å². The molecule has 0 saturated heterocycles. The van der Waals surface area contributed by atoms with E-state index in [1.165, 1.54) is 0 Å². The molecule has 0 radical (unpaired) electrons. The fourth-order valence-corrected chi connectivity index (χ4v) is 9.56. The third-order valence-electron chi connectivity index (χ3n) is 12.3. The maximum absolute atomic E-state index is 9.35. The molecule has 10 aromatic rings. The van der Waals surface area contributed by atoms with Crippen LogP contribution in [0.15, 0.2) is 158 Å². The third-order valence-corrected chi connectivity index (χ3v) is 12.3. The van der Waals surface area contributed by atoms with Crippen LogP contribution in [-0.4, -0.2) is 23.9 Å². The van der Waals surface area contributed by atoms with Crippen LogP contribution in [0.4, 0.5) is 0 Å². The number of para-hydroxylation sites is 5. The number of imidazole rings is 2. The van der Waals surface area contributed by atoms with Gasteiger partial charge < -0.3 is 4.74 Å². The summed E-state index contributed by atoms with van der Waals surface area (Å²) in [6.45, 7) is 0.302. The molecule has 6 heteroatoms. The van der Waals surface area contributed by atoms with Crippen LogP contribution >= 0.6 is 0 Å². The van der Waals surface area contributed by atoms with E-state index >= 15 is 0 Å². The van der Waals surface area contributed by atoms with Gasteiger partial charge in [0.05, 0.1) is 27.8 Å². The molecule has 0 bridgehead atoms. The molecule has 7 aromatic carbocycles. The van der Waals surface area contributed by atoms with E-state index in [0.29, 0.717) is 17.0 Å². The Morgan fingerprint density at radius 1 is 0.583 bits per heavy atom. The molecular weight excluding hydrogens is 735 g/mol. The minimum Gasteiger partial charge on any atom is -0.456 e. The Morgan fingerprint density at radius 2 is 1.25 bits per heavy atom. The lowest BCUT2D eigenvalue weighted by Crippen LogP contribution is -2.25. The summed E-state index contributed by atoms with van der Waals surface area (Å²) in [6.07, 6.45) is 3.45. The van der Waals surface area contributed by atoms with Gasteiger partial charge in [0.1, 0.15) is 17.8 Å². The highest BCUT2D eigenvalue weighted by Crippen LogP contribution is 2.55. The van der Waals surface area contributed by atoms with Gasteiger partial charge in [-0.1, -0.05) is 125 Å². The molecule has 0 spiro atoms. The number of rotatable bonds is 2. The van der Waals surface area contributed by atoms with Gasteiger partial charge in [-0.15, -0.1) is 0 Å². The van der Waals surface area contributed by atoms with Crippen molar-refractivity contribution >= 4 is 27.8 Å². The van der Waals surface area contributed by atoms with Crippen molar-refractivity contribution in [2.75, 3.05) is 0 Å². The van der Waals surface area contributed by atoms with Crippen molar-refractivity contribution in [2.45, 2.75) is 45.3 Å². The number of benzene rings is 7. The summed E-state index contributed by atoms with van der Waals surface area (Å²) in [6, 6.07) is 47.2. The normalized spacial score (nSPS) is 15.6. The van der Waals surface area contributed by atoms with Crippen molar-refractivity contribution in [3.8, 4) is 73.0 Å². The monoisotopic (exact) mass is 781 g/mol. The maximum atomic E-state index is 9.35. The van der Waals surface area contributed by atoms with Gasteiger partial charge in [-0.3, -0.25) is 8.97 Å². The van der Waals surface area contributed by atoms with Crippen LogP contribution in [-0.2, 0) is 10.8 Å². The van der Waals surface area contributed by atoms with Gasteiger partial charge in [-0.25, -0.2) is 15.0 Å². The highest BCUT2D eigenvalue weighted by Gasteiger charge is 2.37. The summed E-state index contributed by atoms with van der Waals surface area (Å²) in [5, 5.41) is 0. The van der Waals surface area contributed by atoms with Crippen LogP contribution in [0.3, 0.4) is 0 Å². The second kappa shape index (κ2) is 12.4. The van der Waals surface area contributed by atoms with Crippen molar-refractivity contribution in [1.29, 1.82) is 0 Å². The Morgan fingerprint density at radius 3 is 2.03 bits per heavy atom. The molecule has 1 aliphatic heterocycles. The molecule has 60 heavy (non-hydrogen) atoms. The van der Waals surface area contributed by atoms with Crippen LogP contribution < -0.4 is 4.74 Å². The second-order valence-corrected chi connectivity index (χ2v) is 16.8. The van der Waals surface area contributed by atoms with Crippen LogP contribution in [0, 0.1) is 0 Å². The average molecular weight is 782 g/mol. The summed E-state index contributed by atoms with van der Waals surface area (Å²) in [7, 11) is 0. The lowest BCUT2D eigenvalue weighted by atomic mass is 9.72. The number of ether oxygens (including phenoxy) is 1. The van der Waals surface area contributed by atoms with E-state index < -0.39 is 24.5 Å². The first-order valence-corrected chi connectivity index (χ1v) is 20.2. The van der Waals surface area contributed by atoms with Crippen molar-refractivity contribution < 1.29 is 13.0 Å². The SMILES string of the molecule is [2H]C([2H])([2H])C1(C([2H])([2H])[2H])c2cc(-n3c4ccccc4n4c5ccccc5nc34)ccc2Oc2c(-c3cc4c(cc3C(C)(C)C)-c3ccccc3-c3cncnc3-c3ccccc3-4)cccc21. The zero-order chi connectivity index (χ0) is 45.5. The van der Waals surface area contributed by atoms with E-state index in [0.717, 1.165) is 77.8 Å². The van der Waals surface area contributed by atoms with Gasteiger partial charge in [-0.2, -0.15) is 0 Å². The summed E-state index contributed by atoms with van der Waals surface area (Å²) >= 11 is 0. The van der Waals surface area contributed by atoms with Crippen molar-refractivity contribution in [2.24, 2.45) is 0 Å². The first-order valence-electron chi connectivity index (χ1n) is 23.2. The summed E-state index contributed by atoms with van der Waals surface area (Å²) < 4.78 is 67.1. The van der Waals surface area contributed by atoms with Crippen LogP contribution in [0.5, 0.6) is 11.5 Å². The van der Waals surface area contributed by atoms with Gasteiger partial charge in [0.2, 0.25) is 5.78 Å². The Kier molecular flexibility index (Phi) is 5.97. The average Bonchev–Trinajstić information content (AvgIpc) is 3.83. The lowest BCUT2D eigenvalue weighted by Gasteiger charge is -2.36. The molecule has 3 aromatic heterocycles. The number of hydrogen-bond donors (Lipinski definition) is 0. The smallest absolute Gasteiger partial charge is 0.220 e. The van der Waals surface area contributed by atoms with E-state index in [2.05, 4.69) is 66.6 Å². The van der Waals surface area contributed by atoms with E-state index in [1.54, 1.807) is 30.6 Å². The lowest BCUT2D eigenvalue weighted by molar-refractivity contribution is 0.419. The third kappa shape index (κ3) is 4.85. The van der Waals surface area contributed by atoms with E-state index in [9.17, 15) is 8.22 Å². The maximum Gasteiger partial charge on any atom is 0.220 e. The predicted molar refractivity (Wildman–Crippen MR) is 243 cm³/mol. The highest BCUT2D eigenvalue weighted by atomic mass is 16.5. The first-order chi connectivity index (χ1) is 31.7. The Labute approximate surface area is 356 Å². The summed E-state index contributed by atoms with van der Waals surface area (Å²) in [5.41, 5.74) is 11.1. The minimum atomic E-state index is -3.07. The molecule has 0 saturated carbocycles. The molecule has 0 fully saturated rings. The molecular formula is C54H41N5O.